The van der Waals surface area contributed by atoms with E-state index in [4.69, 9.17) is 11.6 Å². The van der Waals surface area contributed by atoms with Crippen LogP contribution >= 0.6 is 27.5 Å². The smallest absolute Gasteiger partial charge is 0.0462 e. The summed E-state index contributed by atoms with van der Waals surface area (Å²) in [6.45, 7) is 2.09. The summed E-state index contributed by atoms with van der Waals surface area (Å²) >= 11 is 9.61. The van der Waals surface area contributed by atoms with Crippen molar-refractivity contribution in [1.29, 1.82) is 0 Å². The maximum absolute atomic E-state index is 9.40. The summed E-state index contributed by atoms with van der Waals surface area (Å²) in [5.41, 5.74) is 1.13. The van der Waals surface area contributed by atoms with E-state index in [1.807, 2.05) is 18.2 Å². The zero-order chi connectivity index (χ0) is 13.7. The van der Waals surface area contributed by atoms with Crippen LogP contribution in [-0.2, 0) is 6.54 Å². The zero-order valence-corrected chi connectivity index (χ0v) is 13.4. The van der Waals surface area contributed by atoms with Crippen molar-refractivity contribution in [3.8, 4) is 0 Å². The zero-order valence-electron chi connectivity index (χ0n) is 11.0. The molecule has 0 spiro atoms. The Balaban J connectivity index is 1.82. The Hall–Kier alpha value is -0.0900. The molecule has 2 N–H and O–H groups in total. The largest absolute Gasteiger partial charge is 0.396 e. The lowest BCUT2D eigenvalue weighted by Crippen LogP contribution is -2.32. The van der Waals surface area contributed by atoms with Crippen molar-refractivity contribution >= 4 is 27.5 Å². The Morgan fingerprint density at radius 1 is 1.26 bits per heavy atom. The molecule has 106 valence electrons. The van der Waals surface area contributed by atoms with E-state index in [-0.39, 0.29) is 0 Å². The standard InChI is InChI=1S/C15H21BrClNO/c16-14-6-5-12(15(17)7-14)9-18-8-11-3-1-2-4-13(11)10-19/h5-7,11,13,18-19H,1-4,8-10H2. The minimum absolute atomic E-state index is 0.325. The molecule has 1 aromatic rings. The van der Waals surface area contributed by atoms with Gasteiger partial charge in [0.25, 0.3) is 0 Å². The van der Waals surface area contributed by atoms with Gasteiger partial charge >= 0.3 is 0 Å². The van der Waals surface area contributed by atoms with E-state index >= 15 is 0 Å². The highest BCUT2D eigenvalue weighted by atomic mass is 79.9. The van der Waals surface area contributed by atoms with Gasteiger partial charge in [0.1, 0.15) is 0 Å². The Labute approximate surface area is 128 Å². The maximum atomic E-state index is 9.40. The molecule has 2 nitrogen and oxygen atoms in total. The van der Waals surface area contributed by atoms with E-state index in [1.165, 1.54) is 25.7 Å². The molecular formula is C15H21BrClNO. The summed E-state index contributed by atoms with van der Waals surface area (Å²) in [6, 6.07) is 5.99. The van der Waals surface area contributed by atoms with E-state index in [0.29, 0.717) is 18.4 Å². The molecule has 19 heavy (non-hydrogen) atoms. The van der Waals surface area contributed by atoms with E-state index in [0.717, 1.165) is 28.1 Å². The molecule has 1 aliphatic rings. The predicted molar refractivity (Wildman–Crippen MR) is 83.4 cm³/mol. The number of nitrogens with one attached hydrogen (secondary N) is 1. The van der Waals surface area contributed by atoms with Gasteiger partial charge in [-0.3, -0.25) is 0 Å². The van der Waals surface area contributed by atoms with Gasteiger partial charge < -0.3 is 10.4 Å². The van der Waals surface area contributed by atoms with Crippen LogP contribution in [0.15, 0.2) is 22.7 Å². The molecule has 0 aromatic heterocycles. The Morgan fingerprint density at radius 2 is 2.00 bits per heavy atom. The summed E-state index contributed by atoms with van der Waals surface area (Å²) in [7, 11) is 0. The molecular weight excluding hydrogens is 326 g/mol. The molecule has 1 aromatic carbocycles. The third kappa shape index (κ3) is 4.45. The van der Waals surface area contributed by atoms with Crippen molar-refractivity contribution in [2.45, 2.75) is 32.2 Å². The quantitative estimate of drug-likeness (QED) is 0.845. The monoisotopic (exact) mass is 345 g/mol. The van der Waals surface area contributed by atoms with Crippen LogP contribution in [0.4, 0.5) is 0 Å². The average molecular weight is 347 g/mol. The van der Waals surface area contributed by atoms with Crippen LogP contribution < -0.4 is 5.32 Å². The van der Waals surface area contributed by atoms with Crippen molar-refractivity contribution < 1.29 is 5.11 Å². The van der Waals surface area contributed by atoms with Crippen LogP contribution in [0.3, 0.4) is 0 Å². The van der Waals surface area contributed by atoms with Crippen LogP contribution in [0.2, 0.25) is 5.02 Å². The van der Waals surface area contributed by atoms with Crippen LogP contribution in [0.5, 0.6) is 0 Å². The van der Waals surface area contributed by atoms with Crippen molar-refractivity contribution in [3.63, 3.8) is 0 Å². The van der Waals surface area contributed by atoms with Crippen LogP contribution in [-0.4, -0.2) is 18.3 Å². The molecule has 0 radical (unpaired) electrons. The molecule has 1 fully saturated rings. The second-order valence-electron chi connectivity index (χ2n) is 5.35. The molecule has 0 bridgehead atoms. The second-order valence-corrected chi connectivity index (χ2v) is 6.68. The van der Waals surface area contributed by atoms with Gasteiger partial charge in [0.15, 0.2) is 0 Å². The molecule has 2 rings (SSSR count). The molecule has 0 heterocycles. The van der Waals surface area contributed by atoms with E-state index in [2.05, 4.69) is 21.2 Å². The number of halogens is 2. The third-order valence-corrected chi connectivity index (χ3v) is 4.88. The molecule has 0 saturated heterocycles. The Bertz CT molecular complexity index is 413. The van der Waals surface area contributed by atoms with Gasteiger partial charge in [0.05, 0.1) is 0 Å². The van der Waals surface area contributed by atoms with E-state index in [9.17, 15) is 5.11 Å². The second kappa shape index (κ2) is 7.63. The van der Waals surface area contributed by atoms with Crippen molar-refractivity contribution in [2.24, 2.45) is 11.8 Å². The highest BCUT2D eigenvalue weighted by Gasteiger charge is 2.23. The summed E-state index contributed by atoms with van der Waals surface area (Å²) in [5.74, 6) is 1.08. The minimum atomic E-state index is 0.325. The number of rotatable bonds is 5. The minimum Gasteiger partial charge on any atom is -0.396 e. The Morgan fingerprint density at radius 3 is 2.68 bits per heavy atom. The lowest BCUT2D eigenvalue weighted by Gasteiger charge is -2.30. The number of aliphatic hydroxyl groups excluding tert-OH is 1. The van der Waals surface area contributed by atoms with Crippen LogP contribution in [0.25, 0.3) is 0 Å². The fraction of sp³-hybridized carbons (Fsp3) is 0.600. The molecule has 2 atom stereocenters. The van der Waals surface area contributed by atoms with Crippen molar-refractivity contribution in [1.82, 2.24) is 5.32 Å². The number of hydrogen-bond acceptors (Lipinski definition) is 2. The third-order valence-electron chi connectivity index (χ3n) is 4.04. The average Bonchev–Trinajstić information content (AvgIpc) is 2.42. The van der Waals surface area contributed by atoms with E-state index < -0.39 is 0 Å². The Kier molecular flexibility index (Phi) is 6.14. The van der Waals surface area contributed by atoms with Crippen molar-refractivity contribution in [3.05, 3.63) is 33.3 Å². The van der Waals surface area contributed by atoms with Crippen LogP contribution in [0, 0.1) is 11.8 Å². The molecule has 0 aliphatic heterocycles. The molecule has 1 aliphatic carbocycles. The topological polar surface area (TPSA) is 32.3 Å². The first-order valence-corrected chi connectivity index (χ1v) is 8.13. The van der Waals surface area contributed by atoms with Gasteiger partial charge in [-0.05, 0) is 48.9 Å². The van der Waals surface area contributed by atoms with Gasteiger partial charge in [-0.1, -0.05) is 46.4 Å². The van der Waals surface area contributed by atoms with Gasteiger partial charge in [0.2, 0.25) is 0 Å². The normalized spacial score (nSPS) is 23.5. The summed E-state index contributed by atoms with van der Waals surface area (Å²) < 4.78 is 1.01. The van der Waals surface area contributed by atoms with Crippen LogP contribution in [0.1, 0.15) is 31.2 Å². The first kappa shape index (κ1) is 15.3. The fourth-order valence-corrected chi connectivity index (χ4v) is 3.59. The molecule has 1 saturated carbocycles. The van der Waals surface area contributed by atoms with Gasteiger partial charge in [-0.2, -0.15) is 0 Å². The number of benzene rings is 1. The van der Waals surface area contributed by atoms with Crippen molar-refractivity contribution in [2.75, 3.05) is 13.2 Å². The van der Waals surface area contributed by atoms with Gasteiger partial charge in [0, 0.05) is 22.6 Å². The summed E-state index contributed by atoms with van der Waals surface area (Å²) in [4.78, 5) is 0. The van der Waals surface area contributed by atoms with Gasteiger partial charge in [-0.15, -0.1) is 0 Å². The summed E-state index contributed by atoms with van der Waals surface area (Å²) in [5, 5.41) is 13.7. The first-order valence-electron chi connectivity index (χ1n) is 6.96. The van der Waals surface area contributed by atoms with E-state index in [1.54, 1.807) is 0 Å². The predicted octanol–water partition coefficient (Wildman–Crippen LogP) is 3.99. The lowest BCUT2D eigenvalue weighted by atomic mass is 9.79. The lowest BCUT2D eigenvalue weighted by molar-refractivity contribution is 0.133. The molecule has 0 amide bonds. The fourth-order valence-electron chi connectivity index (χ4n) is 2.85. The molecule has 2 unspecified atom stereocenters. The maximum Gasteiger partial charge on any atom is 0.0462 e. The highest BCUT2D eigenvalue weighted by Crippen LogP contribution is 2.29. The molecule has 4 heteroatoms. The first-order chi connectivity index (χ1) is 9.20. The summed E-state index contributed by atoms with van der Waals surface area (Å²) in [6.07, 6.45) is 4.95. The SMILES string of the molecule is OCC1CCCCC1CNCc1ccc(Br)cc1Cl. The number of aliphatic hydroxyl groups is 1. The van der Waals surface area contributed by atoms with Gasteiger partial charge in [-0.25, -0.2) is 0 Å². The highest BCUT2D eigenvalue weighted by molar-refractivity contribution is 9.10. The number of hydrogen-bond donors (Lipinski definition) is 2.